The Bertz CT molecular complexity index is 512. The van der Waals surface area contributed by atoms with Gasteiger partial charge in [-0.15, -0.1) is 0 Å². The Morgan fingerprint density at radius 3 is 2.70 bits per heavy atom. The minimum atomic E-state index is -1.16. The van der Waals surface area contributed by atoms with Crippen LogP contribution in [0.5, 0.6) is 0 Å². The maximum atomic E-state index is 13.5. The molecule has 0 spiro atoms. The van der Waals surface area contributed by atoms with Gasteiger partial charge in [0, 0.05) is 19.6 Å². The molecule has 0 bridgehead atoms. The predicted octanol–water partition coefficient (Wildman–Crippen LogP) is 2.28. The van der Waals surface area contributed by atoms with Crippen LogP contribution in [-0.2, 0) is 9.53 Å². The average Bonchev–Trinajstić information content (AvgIpc) is 2.42. The number of rotatable bonds is 4. The van der Waals surface area contributed by atoms with Gasteiger partial charge in [0.15, 0.2) is 0 Å². The third-order valence-electron chi connectivity index (χ3n) is 3.30. The molecule has 0 aliphatic carbocycles. The molecule has 2 N–H and O–H groups in total. The van der Waals surface area contributed by atoms with Crippen LogP contribution in [0.25, 0.3) is 0 Å². The van der Waals surface area contributed by atoms with Crippen LogP contribution in [0.1, 0.15) is 29.6 Å². The summed E-state index contributed by atoms with van der Waals surface area (Å²) in [6.07, 6.45) is 1.91. The lowest BCUT2D eigenvalue weighted by Gasteiger charge is -2.21. The molecule has 1 aliphatic rings. The molecule has 108 valence electrons. The van der Waals surface area contributed by atoms with E-state index in [9.17, 15) is 14.0 Å². The van der Waals surface area contributed by atoms with Crippen molar-refractivity contribution in [2.45, 2.75) is 19.3 Å². The van der Waals surface area contributed by atoms with E-state index < -0.39 is 11.8 Å². The second-order valence-corrected chi connectivity index (χ2v) is 4.81. The number of carboxylic acid groups (broad SMARTS) is 1. The van der Waals surface area contributed by atoms with Gasteiger partial charge in [0.05, 0.1) is 11.3 Å². The summed E-state index contributed by atoms with van der Waals surface area (Å²) in [6, 6.07) is 3.32. The van der Waals surface area contributed by atoms with Crippen LogP contribution in [0.4, 0.5) is 10.1 Å². The van der Waals surface area contributed by atoms with Crippen molar-refractivity contribution in [1.82, 2.24) is 0 Å². The smallest absolute Gasteiger partial charge is 0.335 e. The SMILES string of the molecule is O=C(CC1CCOCC1)Nc1cc(C(=O)O)ccc1F. The molecule has 0 unspecified atom stereocenters. The van der Waals surface area contributed by atoms with E-state index in [4.69, 9.17) is 9.84 Å². The fourth-order valence-electron chi connectivity index (χ4n) is 2.17. The van der Waals surface area contributed by atoms with Gasteiger partial charge in [-0.25, -0.2) is 9.18 Å². The highest BCUT2D eigenvalue weighted by molar-refractivity contribution is 5.94. The summed E-state index contributed by atoms with van der Waals surface area (Å²) in [6.45, 7) is 1.28. The number of benzene rings is 1. The number of halogens is 1. The zero-order chi connectivity index (χ0) is 14.5. The third-order valence-corrected chi connectivity index (χ3v) is 3.30. The van der Waals surface area contributed by atoms with Crippen molar-refractivity contribution in [3.8, 4) is 0 Å². The van der Waals surface area contributed by atoms with Crippen LogP contribution < -0.4 is 5.32 Å². The molecule has 1 amide bonds. The molecule has 0 atom stereocenters. The minimum Gasteiger partial charge on any atom is -0.478 e. The Hall–Kier alpha value is -1.95. The number of ether oxygens (including phenoxy) is 1. The van der Waals surface area contributed by atoms with Crippen LogP contribution >= 0.6 is 0 Å². The maximum absolute atomic E-state index is 13.5. The second-order valence-electron chi connectivity index (χ2n) is 4.81. The molecule has 1 saturated heterocycles. The molecule has 20 heavy (non-hydrogen) atoms. The fraction of sp³-hybridized carbons (Fsp3) is 0.429. The Morgan fingerprint density at radius 1 is 1.35 bits per heavy atom. The number of carbonyl (C=O) groups is 2. The molecule has 1 aliphatic heterocycles. The van der Waals surface area contributed by atoms with Crippen molar-refractivity contribution in [1.29, 1.82) is 0 Å². The topological polar surface area (TPSA) is 75.6 Å². The van der Waals surface area contributed by atoms with E-state index in [1.807, 2.05) is 0 Å². The summed E-state index contributed by atoms with van der Waals surface area (Å²) >= 11 is 0. The van der Waals surface area contributed by atoms with Crippen molar-refractivity contribution in [3.63, 3.8) is 0 Å². The van der Waals surface area contributed by atoms with Gasteiger partial charge in [0.1, 0.15) is 5.82 Å². The lowest BCUT2D eigenvalue weighted by Crippen LogP contribution is -2.22. The fourth-order valence-corrected chi connectivity index (χ4v) is 2.17. The number of amides is 1. The molecule has 1 fully saturated rings. The average molecular weight is 281 g/mol. The highest BCUT2D eigenvalue weighted by Crippen LogP contribution is 2.21. The summed E-state index contributed by atoms with van der Waals surface area (Å²) < 4.78 is 18.7. The van der Waals surface area contributed by atoms with Crippen LogP contribution in [0.2, 0.25) is 0 Å². The van der Waals surface area contributed by atoms with E-state index in [0.717, 1.165) is 31.0 Å². The van der Waals surface area contributed by atoms with Crippen LogP contribution in [-0.4, -0.2) is 30.2 Å². The van der Waals surface area contributed by atoms with E-state index in [2.05, 4.69) is 5.32 Å². The number of carbonyl (C=O) groups excluding carboxylic acids is 1. The minimum absolute atomic E-state index is 0.0623. The Morgan fingerprint density at radius 2 is 2.05 bits per heavy atom. The maximum Gasteiger partial charge on any atom is 0.335 e. The molecule has 2 rings (SSSR count). The first-order chi connectivity index (χ1) is 9.56. The Labute approximate surface area is 115 Å². The Kier molecular flexibility index (Phi) is 4.68. The molecule has 0 saturated carbocycles. The molecule has 1 aromatic carbocycles. The molecule has 0 aromatic heterocycles. The third kappa shape index (κ3) is 3.77. The van der Waals surface area contributed by atoms with E-state index in [1.165, 1.54) is 0 Å². The monoisotopic (exact) mass is 281 g/mol. The standard InChI is InChI=1S/C14H16FNO4/c15-11-2-1-10(14(18)19)8-12(11)16-13(17)7-9-3-5-20-6-4-9/h1-2,8-9H,3-7H2,(H,16,17)(H,18,19). The van der Waals surface area contributed by atoms with Crippen molar-refractivity contribution < 1.29 is 23.8 Å². The van der Waals surface area contributed by atoms with Crippen LogP contribution in [0.15, 0.2) is 18.2 Å². The quantitative estimate of drug-likeness (QED) is 0.887. The van der Waals surface area contributed by atoms with Gasteiger partial charge in [-0.3, -0.25) is 4.79 Å². The van der Waals surface area contributed by atoms with Gasteiger partial charge in [-0.2, -0.15) is 0 Å². The summed E-state index contributed by atoms with van der Waals surface area (Å²) in [5.74, 6) is -1.88. The number of carboxylic acids is 1. The zero-order valence-corrected chi connectivity index (χ0v) is 10.9. The molecular weight excluding hydrogens is 265 g/mol. The van der Waals surface area contributed by atoms with E-state index in [-0.39, 0.29) is 23.1 Å². The van der Waals surface area contributed by atoms with Gasteiger partial charge < -0.3 is 15.2 Å². The van der Waals surface area contributed by atoms with Crippen LogP contribution in [0, 0.1) is 11.7 Å². The molecule has 1 heterocycles. The van der Waals surface area contributed by atoms with Crippen LogP contribution in [0.3, 0.4) is 0 Å². The van der Waals surface area contributed by atoms with E-state index in [0.29, 0.717) is 19.6 Å². The summed E-state index contributed by atoms with van der Waals surface area (Å²) in [7, 11) is 0. The number of aromatic carboxylic acids is 1. The lowest BCUT2D eigenvalue weighted by molar-refractivity contribution is -0.117. The molecule has 1 aromatic rings. The highest BCUT2D eigenvalue weighted by atomic mass is 19.1. The summed E-state index contributed by atoms with van der Waals surface area (Å²) in [5, 5.41) is 11.3. The summed E-state index contributed by atoms with van der Waals surface area (Å²) in [4.78, 5) is 22.7. The van der Waals surface area contributed by atoms with Gasteiger partial charge in [0.25, 0.3) is 0 Å². The number of anilines is 1. The number of hydrogen-bond acceptors (Lipinski definition) is 3. The van der Waals surface area contributed by atoms with Crippen molar-refractivity contribution in [3.05, 3.63) is 29.6 Å². The van der Waals surface area contributed by atoms with Crippen molar-refractivity contribution >= 4 is 17.6 Å². The van der Waals surface area contributed by atoms with Gasteiger partial charge >= 0.3 is 5.97 Å². The van der Waals surface area contributed by atoms with E-state index >= 15 is 0 Å². The molecule has 6 heteroatoms. The van der Waals surface area contributed by atoms with Gasteiger partial charge in [-0.1, -0.05) is 0 Å². The van der Waals surface area contributed by atoms with E-state index in [1.54, 1.807) is 0 Å². The largest absolute Gasteiger partial charge is 0.478 e. The molecule has 5 nitrogen and oxygen atoms in total. The molecule has 0 radical (unpaired) electrons. The first kappa shape index (κ1) is 14.5. The van der Waals surface area contributed by atoms with Crippen molar-refractivity contribution in [2.24, 2.45) is 5.92 Å². The predicted molar refractivity (Wildman–Crippen MR) is 70.1 cm³/mol. The van der Waals surface area contributed by atoms with Crippen molar-refractivity contribution in [2.75, 3.05) is 18.5 Å². The number of hydrogen-bond donors (Lipinski definition) is 2. The zero-order valence-electron chi connectivity index (χ0n) is 10.9. The first-order valence-electron chi connectivity index (χ1n) is 6.46. The van der Waals surface area contributed by atoms with Gasteiger partial charge in [0.2, 0.25) is 5.91 Å². The lowest BCUT2D eigenvalue weighted by atomic mass is 9.96. The first-order valence-corrected chi connectivity index (χ1v) is 6.46. The Balaban J connectivity index is 1.99. The normalized spacial score (nSPS) is 15.8. The second kappa shape index (κ2) is 6.47. The van der Waals surface area contributed by atoms with Gasteiger partial charge in [-0.05, 0) is 37.0 Å². The highest BCUT2D eigenvalue weighted by Gasteiger charge is 2.18. The molecular formula is C14H16FNO4. The number of nitrogens with one attached hydrogen (secondary N) is 1. The summed E-state index contributed by atoms with van der Waals surface area (Å²) in [5.41, 5.74) is -0.158.